The fourth-order valence-electron chi connectivity index (χ4n) is 2.63. The Bertz CT molecular complexity index is 673. The average Bonchev–Trinajstić information content (AvgIpc) is 2.69. The van der Waals surface area contributed by atoms with Crippen LogP contribution in [0.15, 0.2) is 34.1 Å². The van der Waals surface area contributed by atoms with Gasteiger partial charge in [-0.25, -0.2) is 4.21 Å². The summed E-state index contributed by atoms with van der Waals surface area (Å²) in [6.45, 7) is 3.90. The Balaban J connectivity index is 2.28. The topological polar surface area (TPSA) is 57.5 Å². The lowest BCUT2D eigenvalue weighted by Crippen LogP contribution is -1.90. The molecule has 20 heavy (non-hydrogen) atoms. The number of aryl methyl sites for hydroxylation is 2. The molecular formula is C16H16O3S. The van der Waals surface area contributed by atoms with E-state index in [1.165, 1.54) is 0 Å². The van der Waals surface area contributed by atoms with Crippen LogP contribution in [0.3, 0.4) is 0 Å². The van der Waals surface area contributed by atoms with Crippen molar-refractivity contribution in [2.24, 2.45) is 0 Å². The van der Waals surface area contributed by atoms with Gasteiger partial charge in [-0.15, -0.1) is 0 Å². The fraction of sp³-hybridized carbons (Fsp3) is 0.250. The van der Waals surface area contributed by atoms with Gasteiger partial charge in [0.05, 0.1) is 20.6 Å². The van der Waals surface area contributed by atoms with Gasteiger partial charge in [0, 0.05) is 11.1 Å². The van der Waals surface area contributed by atoms with E-state index in [1.54, 1.807) is 12.1 Å². The first-order chi connectivity index (χ1) is 9.56. The molecule has 0 atom stereocenters. The number of phenolic OH excluding ortho intramolecular Hbond substituents is 2. The van der Waals surface area contributed by atoms with Crippen molar-refractivity contribution in [3.63, 3.8) is 0 Å². The van der Waals surface area contributed by atoms with E-state index in [0.717, 1.165) is 32.0 Å². The zero-order chi connectivity index (χ0) is 14.4. The third-order valence-electron chi connectivity index (χ3n) is 3.81. The van der Waals surface area contributed by atoms with Gasteiger partial charge in [-0.1, -0.05) is 13.8 Å². The van der Waals surface area contributed by atoms with Crippen molar-refractivity contribution >= 4 is 10.8 Å². The molecule has 1 aliphatic rings. The fourth-order valence-corrected chi connectivity index (χ4v) is 4.11. The number of fused-ring (bicyclic) bond motifs is 3. The maximum absolute atomic E-state index is 12.6. The van der Waals surface area contributed by atoms with Gasteiger partial charge in [-0.3, -0.25) is 0 Å². The maximum Gasteiger partial charge on any atom is 0.119 e. The van der Waals surface area contributed by atoms with E-state index in [1.807, 2.05) is 26.0 Å². The number of phenols is 2. The number of rotatable bonds is 2. The summed E-state index contributed by atoms with van der Waals surface area (Å²) in [5.74, 6) is 0.435. The summed E-state index contributed by atoms with van der Waals surface area (Å²) in [6, 6.07) is 6.93. The van der Waals surface area contributed by atoms with Crippen LogP contribution in [0.4, 0.5) is 0 Å². The van der Waals surface area contributed by atoms with Crippen LogP contribution in [0.1, 0.15) is 25.0 Å². The third kappa shape index (κ3) is 1.75. The highest BCUT2D eigenvalue weighted by Crippen LogP contribution is 2.45. The molecule has 0 spiro atoms. The highest BCUT2D eigenvalue weighted by molar-refractivity contribution is 7.85. The first-order valence-corrected chi connectivity index (χ1v) is 7.85. The highest BCUT2D eigenvalue weighted by Gasteiger charge is 2.28. The van der Waals surface area contributed by atoms with Gasteiger partial charge in [-0.05, 0) is 48.2 Å². The Morgan fingerprint density at radius 1 is 0.850 bits per heavy atom. The molecule has 0 saturated heterocycles. The maximum atomic E-state index is 12.6. The summed E-state index contributed by atoms with van der Waals surface area (Å²) in [5.41, 5.74) is 3.10. The molecule has 0 aromatic heterocycles. The van der Waals surface area contributed by atoms with Gasteiger partial charge in [0.25, 0.3) is 0 Å². The first kappa shape index (κ1) is 13.2. The largest absolute Gasteiger partial charge is 0.508 e. The van der Waals surface area contributed by atoms with Gasteiger partial charge < -0.3 is 10.2 Å². The summed E-state index contributed by atoms with van der Waals surface area (Å²) < 4.78 is 12.6. The molecule has 2 aromatic carbocycles. The lowest BCUT2D eigenvalue weighted by atomic mass is 10.00. The minimum atomic E-state index is -1.24. The number of hydrogen-bond acceptors (Lipinski definition) is 3. The Labute approximate surface area is 120 Å². The lowest BCUT2D eigenvalue weighted by molar-refractivity contribution is 0.467. The number of aromatic hydroxyl groups is 2. The molecule has 0 fully saturated rings. The minimum Gasteiger partial charge on any atom is -0.508 e. The third-order valence-corrected chi connectivity index (χ3v) is 5.29. The first-order valence-electron chi connectivity index (χ1n) is 6.70. The van der Waals surface area contributed by atoms with Crippen molar-refractivity contribution in [2.75, 3.05) is 0 Å². The number of hydrogen-bond donors (Lipinski definition) is 2. The second kappa shape index (κ2) is 4.63. The van der Waals surface area contributed by atoms with Crippen LogP contribution in [0.25, 0.3) is 11.1 Å². The normalized spacial score (nSPS) is 13.3. The zero-order valence-electron chi connectivity index (χ0n) is 11.4. The van der Waals surface area contributed by atoms with Crippen LogP contribution in [-0.2, 0) is 23.6 Å². The summed E-state index contributed by atoms with van der Waals surface area (Å²) in [6.07, 6.45) is 1.39. The van der Waals surface area contributed by atoms with Crippen LogP contribution in [-0.4, -0.2) is 14.4 Å². The zero-order valence-corrected chi connectivity index (χ0v) is 12.3. The van der Waals surface area contributed by atoms with E-state index >= 15 is 0 Å². The van der Waals surface area contributed by atoms with E-state index in [2.05, 4.69) is 0 Å². The molecule has 0 aliphatic carbocycles. The second-order valence-electron chi connectivity index (χ2n) is 4.93. The average molecular weight is 288 g/mol. The predicted molar refractivity (Wildman–Crippen MR) is 78.6 cm³/mol. The summed E-state index contributed by atoms with van der Waals surface area (Å²) >= 11 is 0. The summed E-state index contributed by atoms with van der Waals surface area (Å²) in [5, 5.41) is 20.0. The van der Waals surface area contributed by atoms with Crippen LogP contribution < -0.4 is 0 Å². The molecule has 3 rings (SSSR count). The van der Waals surface area contributed by atoms with Crippen LogP contribution in [0.5, 0.6) is 11.5 Å². The Morgan fingerprint density at radius 2 is 1.25 bits per heavy atom. The molecular weight excluding hydrogens is 272 g/mol. The molecule has 0 saturated carbocycles. The molecule has 104 valence electrons. The highest BCUT2D eigenvalue weighted by atomic mass is 32.2. The molecule has 0 bridgehead atoms. The van der Waals surface area contributed by atoms with Gasteiger partial charge in [0.2, 0.25) is 0 Å². The van der Waals surface area contributed by atoms with Gasteiger partial charge in [0.15, 0.2) is 0 Å². The standard InChI is InChI=1S/C16H16O3S/c1-3-9-5-15-11(7-13(9)17)12-8-14(18)10(4-2)6-16(12)20(15)19/h5-8,17-18H,3-4H2,1-2H3. The van der Waals surface area contributed by atoms with E-state index < -0.39 is 10.8 Å². The van der Waals surface area contributed by atoms with Crippen molar-refractivity contribution in [2.45, 2.75) is 36.5 Å². The Morgan fingerprint density at radius 3 is 1.60 bits per heavy atom. The quantitative estimate of drug-likeness (QED) is 0.760. The Kier molecular flexibility index (Phi) is 3.05. The summed E-state index contributed by atoms with van der Waals surface area (Å²) in [4.78, 5) is 1.45. The monoisotopic (exact) mass is 288 g/mol. The van der Waals surface area contributed by atoms with Crippen molar-refractivity contribution < 1.29 is 14.4 Å². The van der Waals surface area contributed by atoms with Crippen LogP contribution in [0, 0.1) is 0 Å². The number of benzene rings is 2. The van der Waals surface area contributed by atoms with Crippen molar-refractivity contribution in [1.29, 1.82) is 0 Å². The molecule has 0 unspecified atom stereocenters. The van der Waals surface area contributed by atoms with Crippen molar-refractivity contribution in [3.8, 4) is 22.6 Å². The van der Waals surface area contributed by atoms with Crippen LogP contribution >= 0.6 is 0 Å². The van der Waals surface area contributed by atoms with Gasteiger partial charge >= 0.3 is 0 Å². The smallest absolute Gasteiger partial charge is 0.119 e. The molecule has 1 aliphatic heterocycles. The Hall–Kier alpha value is -1.81. The van der Waals surface area contributed by atoms with Crippen molar-refractivity contribution in [3.05, 3.63) is 35.4 Å². The van der Waals surface area contributed by atoms with E-state index in [9.17, 15) is 14.4 Å². The molecule has 2 N–H and O–H groups in total. The molecule has 1 heterocycles. The molecule has 3 nitrogen and oxygen atoms in total. The lowest BCUT2D eigenvalue weighted by Gasteiger charge is -2.06. The van der Waals surface area contributed by atoms with E-state index in [4.69, 9.17) is 0 Å². The SMILES string of the molecule is CCc1cc2c(cc1O)-c1cc(O)c(CC)cc1S2=O. The predicted octanol–water partition coefficient (Wildman–Crippen LogP) is 3.37. The minimum absolute atomic E-state index is 0.218. The van der Waals surface area contributed by atoms with Crippen molar-refractivity contribution in [1.82, 2.24) is 0 Å². The second-order valence-corrected chi connectivity index (χ2v) is 6.35. The molecule has 2 aromatic rings. The molecule has 0 amide bonds. The molecule has 0 radical (unpaired) electrons. The molecule has 4 heteroatoms. The van der Waals surface area contributed by atoms with Crippen LogP contribution in [0.2, 0.25) is 0 Å². The van der Waals surface area contributed by atoms with E-state index in [-0.39, 0.29) is 11.5 Å². The van der Waals surface area contributed by atoms with Gasteiger partial charge in [-0.2, -0.15) is 0 Å². The van der Waals surface area contributed by atoms with E-state index in [0.29, 0.717) is 12.8 Å². The summed E-state index contributed by atoms with van der Waals surface area (Å²) in [7, 11) is -1.24. The van der Waals surface area contributed by atoms with Gasteiger partial charge in [0.1, 0.15) is 11.5 Å².